The second kappa shape index (κ2) is 4.48. The average Bonchev–Trinajstić information content (AvgIpc) is 2.14. The lowest BCUT2D eigenvalue weighted by atomic mass is 9.95. The molecule has 6 nitrogen and oxygen atoms in total. The first-order valence-corrected chi connectivity index (χ1v) is 3.28. The minimum Gasteiger partial charge on any atom is -0.394 e. The third-order valence-corrected chi connectivity index (χ3v) is 1.52. The molecule has 0 fully saturated rings. The quantitative estimate of drug-likeness (QED) is 0.282. The summed E-state index contributed by atoms with van der Waals surface area (Å²) in [5.41, 5.74) is -2.41. The first-order chi connectivity index (χ1) is 5.51. The van der Waals surface area contributed by atoms with Crippen molar-refractivity contribution < 1.29 is 30.3 Å². The molecule has 0 aromatic carbocycles. The van der Waals surface area contributed by atoms with Crippen LogP contribution in [0.15, 0.2) is 0 Å². The summed E-state index contributed by atoms with van der Waals surface area (Å²) in [6, 6.07) is 0. The van der Waals surface area contributed by atoms with Crippen molar-refractivity contribution in [2.75, 3.05) is 13.2 Å². The number of carbonyl (C=O) groups is 1. The molecular formula is C6H12O6. The van der Waals surface area contributed by atoms with Gasteiger partial charge in [-0.05, 0) is 0 Å². The van der Waals surface area contributed by atoms with Crippen LogP contribution in [0.5, 0.6) is 0 Å². The maximum Gasteiger partial charge on any atom is 0.171 e. The Morgan fingerprint density at radius 2 is 1.83 bits per heavy atom. The summed E-state index contributed by atoms with van der Waals surface area (Å²) in [6.07, 6.45) is -3.64. The van der Waals surface area contributed by atoms with Gasteiger partial charge in [-0.25, -0.2) is 0 Å². The van der Waals surface area contributed by atoms with E-state index in [4.69, 9.17) is 25.5 Å². The zero-order valence-electron chi connectivity index (χ0n) is 6.29. The molecule has 12 heavy (non-hydrogen) atoms. The molecule has 0 saturated heterocycles. The summed E-state index contributed by atoms with van der Waals surface area (Å²) in [5.74, 6) is 0. The summed E-state index contributed by atoms with van der Waals surface area (Å²) in [7, 11) is 0. The van der Waals surface area contributed by atoms with Gasteiger partial charge >= 0.3 is 0 Å². The second-order valence-electron chi connectivity index (χ2n) is 2.46. The van der Waals surface area contributed by atoms with Gasteiger partial charge < -0.3 is 25.5 Å². The SMILES string of the molecule is O=CC(O)(CO)C(O)C(O)CO. The lowest BCUT2D eigenvalue weighted by Crippen LogP contribution is -2.54. The summed E-state index contributed by atoms with van der Waals surface area (Å²) in [4.78, 5) is 10.2. The van der Waals surface area contributed by atoms with Crippen LogP contribution in [0.4, 0.5) is 0 Å². The lowest BCUT2D eigenvalue weighted by molar-refractivity contribution is -0.162. The molecule has 72 valence electrons. The van der Waals surface area contributed by atoms with Crippen molar-refractivity contribution in [2.45, 2.75) is 17.8 Å². The van der Waals surface area contributed by atoms with Gasteiger partial charge in [0, 0.05) is 0 Å². The van der Waals surface area contributed by atoms with Crippen LogP contribution in [0.3, 0.4) is 0 Å². The zero-order chi connectivity index (χ0) is 9.78. The van der Waals surface area contributed by atoms with E-state index in [0.29, 0.717) is 0 Å². The van der Waals surface area contributed by atoms with Crippen molar-refractivity contribution in [1.29, 1.82) is 0 Å². The Kier molecular flexibility index (Phi) is 4.29. The first-order valence-electron chi connectivity index (χ1n) is 3.28. The van der Waals surface area contributed by atoms with Crippen LogP contribution in [-0.4, -0.2) is 62.8 Å². The van der Waals surface area contributed by atoms with Crippen LogP contribution in [-0.2, 0) is 4.79 Å². The molecule has 0 saturated carbocycles. The van der Waals surface area contributed by atoms with Gasteiger partial charge in [-0.2, -0.15) is 0 Å². The minimum atomic E-state index is -2.41. The molecule has 3 atom stereocenters. The van der Waals surface area contributed by atoms with Crippen LogP contribution in [0.1, 0.15) is 0 Å². The minimum absolute atomic E-state index is 0.0868. The fraction of sp³-hybridized carbons (Fsp3) is 0.833. The van der Waals surface area contributed by atoms with Crippen LogP contribution >= 0.6 is 0 Å². The van der Waals surface area contributed by atoms with Gasteiger partial charge in [0.1, 0.15) is 12.2 Å². The Bertz CT molecular complexity index is 149. The fourth-order valence-corrected chi connectivity index (χ4v) is 0.634. The molecule has 0 radical (unpaired) electrons. The number of aldehydes is 1. The second-order valence-corrected chi connectivity index (χ2v) is 2.46. The van der Waals surface area contributed by atoms with Crippen molar-refractivity contribution in [3.63, 3.8) is 0 Å². The van der Waals surface area contributed by atoms with E-state index in [1.807, 2.05) is 0 Å². The molecule has 6 heteroatoms. The number of rotatable bonds is 5. The van der Waals surface area contributed by atoms with Crippen LogP contribution in [0.25, 0.3) is 0 Å². The van der Waals surface area contributed by atoms with E-state index in [1.54, 1.807) is 0 Å². The van der Waals surface area contributed by atoms with Gasteiger partial charge in [0.15, 0.2) is 11.9 Å². The van der Waals surface area contributed by atoms with Crippen molar-refractivity contribution in [3.8, 4) is 0 Å². The Labute approximate surface area is 68.7 Å². The van der Waals surface area contributed by atoms with E-state index in [9.17, 15) is 4.79 Å². The molecule has 0 aromatic rings. The van der Waals surface area contributed by atoms with E-state index in [0.717, 1.165) is 0 Å². The molecule has 0 spiro atoms. The Morgan fingerprint density at radius 1 is 1.33 bits per heavy atom. The normalized spacial score (nSPS) is 21.1. The van der Waals surface area contributed by atoms with Crippen molar-refractivity contribution in [1.82, 2.24) is 0 Å². The molecule has 0 aliphatic heterocycles. The first kappa shape index (κ1) is 11.5. The van der Waals surface area contributed by atoms with E-state index < -0.39 is 31.0 Å². The third-order valence-electron chi connectivity index (χ3n) is 1.52. The van der Waals surface area contributed by atoms with Crippen LogP contribution in [0.2, 0.25) is 0 Å². The Balaban J connectivity index is 4.40. The van der Waals surface area contributed by atoms with Crippen LogP contribution in [0, 0.1) is 0 Å². The number of hydrogen-bond acceptors (Lipinski definition) is 6. The van der Waals surface area contributed by atoms with Crippen molar-refractivity contribution in [3.05, 3.63) is 0 Å². The Morgan fingerprint density at radius 3 is 2.08 bits per heavy atom. The lowest BCUT2D eigenvalue weighted by Gasteiger charge is -2.27. The van der Waals surface area contributed by atoms with Gasteiger partial charge in [-0.3, -0.25) is 4.79 Å². The molecule has 0 heterocycles. The highest BCUT2D eigenvalue weighted by molar-refractivity contribution is 5.63. The zero-order valence-corrected chi connectivity index (χ0v) is 6.29. The third kappa shape index (κ3) is 2.23. The number of aliphatic hydroxyl groups excluding tert-OH is 4. The summed E-state index contributed by atoms with van der Waals surface area (Å²) in [6.45, 7) is -1.83. The molecule has 0 aromatic heterocycles. The maximum atomic E-state index is 10.2. The fourth-order valence-electron chi connectivity index (χ4n) is 0.634. The van der Waals surface area contributed by atoms with Crippen molar-refractivity contribution >= 4 is 6.29 Å². The van der Waals surface area contributed by atoms with E-state index >= 15 is 0 Å². The molecule has 0 bridgehead atoms. The maximum absolute atomic E-state index is 10.2. The predicted octanol–water partition coefficient (Wildman–Crippen LogP) is -3.38. The summed E-state index contributed by atoms with van der Waals surface area (Å²) >= 11 is 0. The van der Waals surface area contributed by atoms with E-state index in [2.05, 4.69) is 0 Å². The molecule has 5 N–H and O–H groups in total. The highest BCUT2D eigenvalue weighted by atomic mass is 16.4. The highest BCUT2D eigenvalue weighted by Gasteiger charge is 2.39. The van der Waals surface area contributed by atoms with Crippen LogP contribution < -0.4 is 0 Å². The van der Waals surface area contributed by atoms with Crippen molar-refractivity contribution in [2.24, 2.45) is 0 Å². The molecule has 3 unspecified atom stereocenters. The topological polar surface area (TPSA) is 118 Å². The smallest absolute Gasteiger partial charge is 0.171 e. The molecule has 0 aliphatic rings. The molecule has 0 aliphatic carbocycles. The number of carbonyl (C=O) groups excluding carboxylic acids is 1. The summed E-state index contributed by atoms with van der Waals surface area (Å²) < 4.78 is 0. The largest absolute Gasteiger partial charge is 0.394 e. The van der Waals surface area contributed by atoms with E-state index in [1.165, 1.54) is 0 Å². The average molecular weight is 180 g/mol. The van der Waals surface area contributed by atoms with Gasteiger partial charge in [-0.1, -0.05) is 0 Å². The van der Waals surface area contributed by atoms with Gasteiger partial charge in [0.2, 0.25) is 0 Å². The summed E-state index contributed by atoms with van der Waals surface area (Å²) in [5, 5.41) is 43.6. The monoisotopic (exact) mass is 180 g/mol. The Hall–Kier alpha value is -0.530. The number of aliphatic hydroxyl groups is 5. The molecular weight excluding hydrogens is 168 g/mol. The molecule has 0 amide bonds. The van der Waals surface area contributed by atoms with Gasteiger partial charge in [-0.15, -0.1) is 0 Å². The number of hydrogen-bond donors (Lipinski definition) is 5. The standard InChI is InChI=1S/C6H12O6/c7-1-4(10)5(11)6(12,2-8)3-9/h2,4-5,7,9-12H,1,3H2. The van der Waals surface area contributed by atoms with Gasteiger partial charge in [0.05, 0.1) is 13.2 Å². The predicted molar refractivity (Wildman–Crippen MR) is 37.2 cm³/mol. The van der Waals surface area contributed by atoms with Gasteiger partial charge in [0.25, 0.3) is 0 Å². The molecule has 0 rings (SSSR count). The highest BCUT2D eigenvalue weighted by Crippen LogP contribution is 2.10. The van der Waals surface area contributed by atoms with E-state index in [-0.39, 0.29) is 6.29 Å².